The molecule has 0 aliphatic carbocycles. The topological polar surface area (TPSA) is 90.5 Å². The van der Waals surface area contributed by atoms with Gasteiger partial charge in [-0.15, -0.1) is 0 Å². The van der Waals surface area contributed by atoms with E-state index in [0.717, 1.165) is 49.6 Å². The molecule has 0 aliphatic rings. The highest BCUT2D eigenvalue weighted by molar-refractivity contribution is 6.04. The normalized spacial score (nSPS) is 11.4. The van der Waals surface area contributed by atoms with Crippen molar-refractivity contribution in [2.45, 2.75) is 0 Å². The molecule has 7 nitrogen and oxygen atoms in total. The minimum Gasteiger partial charge on any atom is -0.438 e. The summed E-state index contributed by atoms with van der Waals surface area (Å²) in [5, 5.41) is 1.99. The number of aromatic nitrogens is 6. The Kier molecular flexibility index (Phi) is 6.31. The first kappa shape index (κ1) is 26.8. The molecule has 0 aliphatic heterocycles. The van der Waals surface area contributed by atoms with Crippen LogP contribution in [0.25, 0.3) is 89.9 Å². The molecule has 9 aromatic rings. The first-order chi connectivity index (χ1) is 23.3. The summed E-state index contributed by atoms with van der Waals surface area (Å²) in [5.74, 6) is 1.78. The molecular weight excluding hydrogens is 580 g/mol. The summed E-state index contributed by atoms with van der Waals surface area (Å²) in [6.45, 7) is 0. The van der Waals surface area contributed by atoms with Gasteiger partial charge in [0, 0.05) is 33.0 Å². The second-order valence-electron chi connectivity index (χ2n) is 11.2. The minimum absolute atomic E-state index is 0.561. The second kappa shape index (κ2) is 11.1. The van der Waals surface area contributed by atoms with Gasteiger partial charge in [-0.1, -0.05) is 109 Å². The van der Waals surface area contributed by atoms with Gasteiger partial charge in [-0.25, -0.2) is 29.9 Å². The highest BCUT2D eigenvalue weighted by Gasteiger charge is 2.19. The maximum atomic E-state index is 6.14. The van der Waals surface area contributed by atoms with Crippen molar-refractivity contribution in [1.82, 2.24) is 29.9 Å². The second-order valence-corrected chi connectivity index (χ2v) is 11.2. The van der Waals surface area contributed by atoms with E-state index in [1.807, 2.05) is 140 Å². The van der Waals surface area contributed by atoms with E-state index in [0.29, 0.717) is 40.3 Å². The van der Waals surface area contributed by atoms with Crippen LogP contribution in [0.2, 0.25) is 0 Å². The number of benzene rings is 5. The fraction of sp³-hybridized carbons (Fsp3) is 0. The van der Waals surface area contributed by atoms with Crippen molar-refractivity contribution >= 4 is 33.1 Å². The van der Waals surface area contributed by atoms with Crippen LogP contribution in [0, 0.1) is 0 Å². The molecule has 0 atom stereocenters. The lowest BCUT2D eigenvalue weighted by atomic mass is 10.0. The molecule has 0 spiro atoms. The third-order valence-electron chi connectivity index (χ3n) is 8.15. The Morgan fingerprint density at radius 2 is 0.915 bits per heavy atom. The lowest BCUT2D eigenvalue weighted by Gasteiger charge is -2.12. The van der Waals surface area contributed by atoms with E-state index < -0.39 is 0 Å². The number of hydrogen-bond acceptors (Lipinski definition) is 7. The van der Waals surface area contributed by atoms with Crippen LogP contribution in [-0.2, 0) is 0 Å². The Morgan fingerprint density at radius 1 is 0.362 bits per heavy atom. The van der Waals surface area contributed by atoms with Gasteiger partial charge in [-0.2, -0.15) is 0 Å². The zero-order chi connectivity index (χ0) is 31.2. The quantitative estimate of drug-likeness (QED) is 0.193. The van der Waals surface area contributed by atoms with Gasteiger partial charge in [-0.05, 0) is 36.4 Å². The van der Waals surface area contributed by atoms with Crippen molar-refractivity contribution in [3.05, 3.63) is 146 Å². The molecule has 0 N–H and O–H groups in total. The molecule has 0 fully saturated rings. The van der Waals surface area contributed by atoms with Crippen LogP contribution in [0.1, 0.15) is 0 Å². The summed E-state index contributed by atoms with van der Waals surface area (Å²) in [4.78, 5) is 29.9. The van der Waals surface area contributed by atoms with Crippen molar-refractivity contribution < 1.29 is 4.42 Å². The molecule has 7 heteroatoms. The smallest absolute Gasteiger partial charge is 0.227 e. The van der Waals surface area contributed by atoms with Crippen LogP contribution in [-0.4, -0.2) is 29.9 Å². The van der Waals surface area contributed by atoms with Crippen LogP contribution >= 0.6 is 0 Å². The SMILES string of the molecule is c1ccc(-c2nc(-c3ccccc3)nc(-c3cccc(-c4nc5ccccc5nc4-c4ccc5c(n4)oc4ccccc45)c3)n2)cc1. The van der Waals surface area contributed by atoms with Crippen molar-refractivity contribution in [1.29, 1.82) is 0 Å². The number of furan rings is 1. The molecule has 0 unspecified atom stereocenters. The predicted molar refractivity (Wildman–Crippen MR) is 185 cm³/mol. The number of pyridine rings is 1. The zero-order valence-electron chi connectivity index (χ0n) is 24.9. The summed E-state index contributed by atoms with van der Waals surface area (Å²) in [6.07, 6.45) is 0. The molecule has 0 radical (unpaired) electrons. The van der Waals surface area contributed by atoms with E-state index >= 15 is 0 Å². The van der Waals surface area contributed by atoms with Crippen molar-refractivity contribution in [2.24, 2.45) is 0 Å². The Hall–Kier alpha value is -6.60. The van der Waals surface area contributed by atoms with Crippen molar-refractivity contribution in [3.8, 4) is 56.8 Å². The van der Waals surface area contributed by atoms with E-state index in [4.69, 9.17) is 34.3 Å². The van der Waals surface area contributed by atoms with E-state index in [1.165, 1.54) is 0 Å². The van der Waals surface area contributed by atoms with Gasteiger partial charge in [-0.3, -0.25) is 0 Å². The third-order valence-corrected chi connectivity index (χ3v) is 8.15. The fourth-order valence-electron chi connectivity index (χ4n) is 5.86. The van der Waals surface area contributed by atoms with E-state index in [-0.39, 0.29) is 0 Å². The maximum Gasteiger partial charge on any atom is 0.227 e. The molecule has 47 heavy (non-hydrogen) atoms. The minimum atomic E-state index is 0.561. The van der Waals surface area contributed by atoms with Gasteiger partial charge in [0.05, 0.1) is 22.4 Å². The average Bonchev–Trinajstić information content (AvgIpc) is 3.53. The lowest BCUT2D eigenvalue weighted by molar-refractivity contribution is 0.654. The van der Waals surface area contributed by atoms with Crippen LogP contribution in [0.4, 0.5) is 0 Å². The standard InChI is InChI=1S/C40H24N6O/c1-3-12-25(13-4-1)37-44-38(26-14-5-2-6-15-26)46-39(45-37)28-17-11-16-27(24-28)35-36(42-32-20-9-8-19-31(32)41-35)33-23-22-30-29-18-7-10-21-34(29)47-40(30)43-33/h1-24H. The molecule has 0 amide bonds. The first-order valence-corrected chi connectivity index (χ1v) is 15.3. The molecule has 220 valence electrons. The highest BCUT2D eigenvalue weighted by atomic mass is 16.3. The fourth-order valence-corrected chi connectivity index (χ4v) is 5.86. The number of para-hydroxylation sites is 3. The lowest BCUT2D eigenvalue weighted by Crippen LogP contribution is -2.01. The zero-order valence-corrected chi connectivity index (χ0v) is 24.9. The molecule has 4 heterocycles. The van der Waals surface area contributed by atoms with Crippen molar-refractivity contribution in [3.63, 3.8) is 0 Å². The van der Waals surface area contributed by atoms with Gasteiger partial charge < -0.3 is 4.42 Å². The largest absolute Gasteiger partial charge is 0.438 e. The molecule has 4 aromatic heterocycles. The highest BCUT2D eigenvalue weighted by Crippen LogP contribution is 2.35. The number of rotatable bonds is 5. The van der Waals surface area contributed by atoms with Gasteiger partial charge in [0.15, 0.2) is 17.5 Å². The maximum absolute atomic E-state index is 6.14. The van der Waals surface area contributed by atoms with E-state index in [2.05, 4.69) is 6.07 Å². The summed E-state index contributed by atoms with van der Waals surface area (Å²) in [7, 11) is 0. The Bertz CT molecular complexity index is 2520. The van der Waals surface area contributed by atoms with Crippen molar-refractivity contribution in [2.75, 3.05) is 0 Å². The number of fused-ring (bicyclic) bond motifs is 4. The van der Waals surface area contributed by atoms with E-state index in [1.54, 1.807) is 0 Å². The van der Waals surface area contributed by atoms with Crippen LogP contribution in [0.5, 0.6) is 0 Å². The van der Waals surface area contributed by atoms with Gasteiger partial charge in [0.25, 0.3) is 0 Å². The van der Waals surface area contributed by atoms with Gasteiger partial charge >= 0.3 is 0 Å². The molecule has 0 bridgehead atoms. The molecule has 0 saturated carbocycles. The van der Waals surface area contributed by atoms with Gasteiger partial charge in [0.1, 0.15) is 11.3 Å². The van der Waals surface area contributed by atoms with Gasteiger partial charge in [0.2, 0.25) is 5.71 Å². The Labute approximate surface area is 269 Å². The third kappa shape index (κ3) is 4.87. The number of nitrogens with zero attached hydrogens (tertiary/aromatic N) is 6. The molecule has 9 rings (SSSR count). The first-order valence-electron chi connectivity index (χ1n) is 15.3. The molecule has 0 saturated heterocycles. The van der Waals surface area contributed by atoms with Crippen LogP contribution in [0.3, 0.4) is 0 Å². The van der Waals surface area contributed by atoms with Crippen LogP contribution in [0.15, 0.2) is 150 Å². The summed E-state index contributed by atoms with van der Waals surface area (Å²) >= 11 is 0. The number of hydrogen-bond donors (Lipinski definition) is 0. The summed E-state index contributed by atoms with van der Waals surface area (Å²) in [5.41, 5.74) is 8.50. The predicted octanol–water partition coefficient (Wildman–Crippen LogP) is 9.44. The Balaban J connectivity index is 1.22. The Morgan fingerprint density at radius 3 is 1.62 bits per heavy atom. The summed E-state index contributed by atoms with van der Waals surface area (Å²) < 4.78 is 6.14. The van der Waals surface area contributed by atoms with E-state index in [9.17, 15) is 0 Å². The average molecular weight is 605 g/mol. The summed E-state index contributed by atoms with van der Waals surface area (Å²) in [6, 6.07) is 47.9. The molecule has 5 aromatic carbocycles. The monoisotopic (exact) mass is 604 g/mol. The van der Waals surface area contributed by atoms with Crippen LogP contribution < -0.4 is 0 Å². The molecular formula is C40H24N6O.